The standard InChI is InChI=1S/C16H26FN/c1-5-10-18-16(13(6-2)7-3)14-11-12(4)8-9-15(14)17/h8-9,11,13,16,18H,5-7,10H2,1-4H3. The van der Waals surface area contributed by atoms with Crippen molar-refractivity contribution in [3.8, 4) is 0 Å². The summed E-state index contributed by atoms with van der Waals surface area (Å²) in [5.74, 6) is 0.411. The first-order valence-electron chi connectivity index (χ1n) is 7.13. The number of aryl methyl sites for hydroxylation is 1. The van der Waals surface area contributed by atoms with Crippen molar-refractivity contribution in [2.75, 3.05) is 6.54 Å². The van der Waals surface area contributed by atoms with Gasteiger partial charge in [-0.05, 0) is 31.9 Å². The van der Waals surface area contributed by atoms with E-state index in [9.17, 15) is 4.39 Å². The first-order valence-corrected chi connectivity index (χ1v) is 7.13. The minimum atomic E-state index is -0.0823. The van der Waals surface area contributed by atoms with Gasteiger partial charge in [0.1, 0.15) is 5.82 Å². The van der Waals surface area contributed by atoms with E-state index < -0.39 is 0 Å². The van der Waals surface area contributed by atoms with E-state index in [0.29, 0.717) is 5.92 Å². The first-order chi connectivity index (χ1) is 8.63. The molecular weight excluding hydrogens is 225 g/mol. The van der Waals surface area contributed by atoms with Crippen molar-refractivity contribution < 1.29 is 4.39 Å². The highest BCUT2D eigenvalue weighted by Gasteiger charge is 2.22. The topological polar surface area (TPSA) is 12.0 Å². The summed E-state index contributed by atoms with van der Waals surface area (Å²) in [6, 6.07) is 5.55. The first kappa shape index (κ1) is 15.2. The predicted molar refractivity (Wildman–Crippen MR) is 76.2 cm³/mol. The summed E-state index contributed by atoms with van der Waals surface area (Å²) in [5.41, 5.74) is 1.96. The lowest BCUT2D eigenvalue weighted by Crippen LogP contribution is -2.29. The van der Waals surface area contributed by atoms with Crippen LogP contribution in [0.2, 0.25) is 0 Å². The van der Waals surface area contributed by atoms with E-state index in [1.54, 1.807) is 6.07 Å². The van der Waals surface area contributed by atoms with E-state index in [0.717, 1.165) is 36.9 Å². The van der Waals surface area contributed by atoms with Gasteiger partial charge in [-0.1, -0.05) is 51.3 Å². The third-order valence-electron chi connectivity index (χ3n) is 3.62. The van der Waals surface area contributed by atoms with Gasteiger partial charge >= 0.3 is 0 Å². The van der Waals surface area contributed by atoms with Crippen molar-refractivity contribution in [2.24, 2.45) is 5.92 Å². The average molecular weight is 251 g/mol. The molecular formula is C16H26FN. The summed E-state index contributed by atoms with van der Waals surface area (Å²) in [4.78, 5) is 0. The van der Waals surface area contributed by atoms with Gasteiger partial charge in [0.15, 0.2) is 0 Å². The zero-order valence-electron chi connectivity index (χ0n) is 12.1. The molecule has 18 heavy (non-hydrogen) atoms. The lowest BCUT2D eigenvalue weighted by molar-refractivity contribution is 0.333. The molecule has 0 amide bonds. The molecule has 0 aromatic heterocycles. The van der Waals surface area contributed by atoms with Crippen LogP contribution in [-0.2, 0) is 0 Å². The number of nitrogens with one attached hydrogen (secondary N) is 1. The Morgan fingerprint density at radius 3 is 2.39 bits per heavy atom. The van der Waals surface area contributed by atoms with Gasteiger partial charge < -0.3 is 5.32 Å². The van der Waals surface area contributed by atoms with E-state index in [-0.39, 0.29) is 11.9 Å². The molecule has 1 unspecified atom stereocenters. The SMILES string of the molecule is CCCNC(c1cc(C)ccc1F)C(CC)CC. The Morgan fingerprint density at radius 2 is 1.83 bits per heavy atom. The van der Waals surface area contributed by atoms with Crippen LogP contribution in [-0.4, -0.2) is 6.54 Å². The molecule has 1 atom stereocenters. The van der Waals surface area contributed by atoms with Gasteiger partial charge in [0, 0.05) is 11.6 Å². The fraction of sp³-hybridized carbons (Fsp3) is 0.625. The Hall–Kier alpha value is -0.890. The third kappa shape index (κ3) is 3.81. The minimum Gasteiger partial charge on any atom is -0.310 e. The van der Waals surface area contributed by atoms with Crippen LogP contribution in [0.3, 0.4) is 0 Å². The molecule has 0 aliphatic rings. The highest BCUT2D eigenvalue weighted by atomic mass is 19.1. The van der Waals surface area contributed by atoms with Crippen molar-refractivity contribution in [1.82, 2.24) is 5.32 Å². The summed E-state index contributed by atoms with van der Waals surface area (Å²) in [6.45, 7) is 9.47. The summed E-state index contributed by atoms with van der Waals surface area (Å²) in [6.07, 6.45) is 3.22. The molecule has 0 radical (unpaired) electrons. The van der Waals surface area contributed by atoms with Crippen LogP contribution in [0.5, 0.6) is 0 Å². The Balaban J connectivity index is 3.03. The summed E-state index contributed by atoms with van der Waals surface area (Å²) < 4.78 is 14.0. The van der Waals surface area contributed by atoms with Crippen molar-refractivity contribution in [3.63, 3.8) is 0 Å². The third-order valence-corrected chi connectivity index (χ3v) is 3.62. The second kappa shape index (κ2) is 7.52. The fourth-order valence-corrected chi connectivity index (χ4v) is 2.49. The van der Waals surface area contributed by atoms with Crippen LogP contribution >= 0.6 is 0 Å². The normalized spacial score (nSPS) is 13.0. The monoisotopic (exact) mass is 251 g/mol. The Labute approximate surface area is 111 Å². The zero-order valence-corrected chi connectivity index (χ0v) is 12.1. The molecule has 1 nitrogen and oxygen atoms in total. The second-order valence-electron chi connectivity index (χ2n) is 5.03. The number of benzene rings is 1. The molecule has 1 aromatic carbocycles. The smallest absolute Gasteiger partial charge is 0.128 e. The van der Waals surface area contributed by atoms with Crippen LogP contribution in [0.1, 0.15) is 57.2 Å². The van der Waals surface area contributed by atoms with Crippen molar-refractivity contribution in [1.29, 1.82) is 0 Å². The highest BCUT2D eigenvalue weighted by Crippen LogP contribution is 2.29. The fourth-order valence-electron chi connectivity index (χ4n) is 2.49. The van der Waals surface area contributed by atoms with Crippen LogP contribution in [0.25, 0.3) is 0 Å². The maximum absolute atomic E-state index is 14.0. The van der Waals surface area contributed by atoms with E-state index in [2.05, 4.69) is 26.1 Å². The van der Waals surface area contributed by atoms with Gasteiger partial charge in [0.05, 0.1) is 0 Å². The molecule has 0 aliphatic heterocycles. The summed E-state index contributed by atoms with van der Waals surface area (Å²) in [5, 5.41) is 3.52. The van der Waals surface area contributed by atoms with Crippen molar-refractivity contribution >= 4 is 0 Å². The Morgan fingerprint density at radius 1 is 1.17 bits per heavy atom. The summed E-state index contributed by atoms with van der Waals surface area (Å²) >= 11 is 0. The molecule has 0 saturated heterocycles. The number of rotatable bonds is 7. The molecule has 0 aliphatic carbocycles. The lowest BCUT2D eigenvalue weighted by Gasteiger charge is -2.27. The molecule has 102 valence electrons. The van der Waals surface area contributed by atoms with Gasteiger partial charge in [0.2, 0.25) is 0 Å². The highest BCUT2D eigenvalue weighted by molar-refractivity contribution is 5.27. The molecule has 0 spiro atoms. The molecule has 0 heterocycles. The molecule has 1 aromatic rings. The van der Waals surface area contributed by atoms with Crippen molar-refractivity contribution in [2.45, 2.75) is 53.0 Å². The van der Waals surface area contributed by atoms with E-state index in [1.807, 2.05) is 19.1 Å². The maximum atomic E-state index is 14.0. The molecule has 1 N–H and O–H groups in total. The van der Waals surface area contributed by atoms with E-state index in [4.69, 9.17) is 0 Å². The quantitative estimate of drug-likeness (QED) is 0.746. The molecule has 0 bridgehead atoms. The van der Waals surface area contributed by atoms with Crippen LogP contribution in [0, 0.1) is 18.7 Å². The minimum absolute atomic E-state index is 0.0823. The predicted octanol–water partition coefficient (Wildman–Crippen LogP) is 4.61. The molecule has 1 rings (SSSR count). The lowest BCUT2D eigenvalue weighted by atomic mass is 9.88. The van der Waals surface area contributed by atoms with Crippen molar-refractivity contribution in [3.05, 3.63) is 35.1 Å². The maximum Gasteiger partial charge on any atom is 0.128 e. The van der Waals surface area contributed by atoms with Gasteiger partial charge in [-0.3, -0.25) is 0 Å². The van der Waals surface area contributed by atoms with Crippen LogP contribution in [0.15, 0.2) is 18.2 Å². The van der Waals surface area contributed by atoms with Gasteiger partial charge in [-0.2, -0.15) is 0 Å². The number of hydrogen-bond acceptors (Lipinski definition) is 1. The number of halogens is 1. The summed E-state index contributed by atoms with van der Waals surface area (Å²) in [7, 11) is 0. The van der Waals surface area contributed by atoms with Crippen LogP contribution < -0.4 is 5.32 Å². The van der Waals surface area contributed by atoms with Gasteiger partial charge in [-0.25, -0.2) is 4.39 Å². The van der Waals surface area contributed by atoms with E-state index in [1.165, 1.54) is 0 Å². The molecule has 0 fully saturated rings. The number of hydrogen-bond donors (Lipinski definition) is 1. The van der Waals surface area contributed by atoms with Gasteiger partial charge in [-0.15, -0.1) is 0 Å². The van der Waals surface area contributed by atoms with Crippen LogP contribution in [0.4, 0.5) is 4.39 Å². The zero-order chi connectivity index (χ0) is 13.5. The van der Waals surface area contributed by atoms with Gasteiger partial charge in [0.25, 0.3) is 0 Å². The van der Waals surface area contributed by atoms with E-state index >= 15 is 0 Å². The average Bonchev–Trinajstić information content (AvgIpc) is 2.38. The Kier molecular flexibility index (Phi) is 6.34. The molecule has 0 saturated carbocycles. The largest absolute Gasteiger partial charge is 0.310 e. The molecule has 2 heteroatoms. The second-order valence-corrected chi connectivity index (χ2v) is 5.03. The Bertz CT molecular complexity index is 358.